The lowest BCUT2D eigenvalue weighted by atomic mass is 10.1. The number of amides is 1. The lowest BCUT2D eigenvalue weighted by Gasteiger charge is -2.11. The smallest absolute Gasteiger partial charge is 0.397 e. The number of alkyl halides is 3. The number of rotatable bonds is 2. The van der Waals surface area contributed by atoms with Crippen LogP contribution in [0.2, 0.25) is 0 Å². The highest BCUT2D eigenvalue weighted by Gasteiger charge is 2.30. The standard InChI is InChI=1S/C13H11F3N2OS/c1-7-5-20-6-9(7)12(19)18-11-3-2-8(4-10(11)17)13(14,15)16/h2-6H,17H2,1H3,(H,18,19). The Bertz CT molecular complexity index is 649. The molecule has 0 radical (unpaired) electrons. The van der Waals surface area contributed by atoms with Crippen LogP contribution in [-0.2, 0) is 6.18 Å². The van der Waals surface area contributed by atoms with Crippen LogP contribution in [-0.4, -0.2) is 5.91 Å². The summed E-state index contributed by atoms with van der Waals surface area (Å²) in [7, 11) is 0. The van der Waals surface area contributed by atoms with E-state index in [2.05, 4.69) is 5.32 Å². The fourth-order valence-corrected chi connectivity index (χ4v) is 2.46. The van der Waals surface area contributed by atoms with Crippen molar-refractivity contribution in [3.8, 4) is 0 Å². The molecule has 2 rings (SSSR count). The predicted molar refractivity (Wildman–Crippen MR) is 72.9 cm³/mol. The minimum absolute atomic E-state index is 0.124. The van der Waals surface area contributed by atoms with E-state index in [-0.39, 0.29) is 11.4 Å². The molecule has 106 valence electrons. The zero-order valence-corrected chi connectivity index (χ0v) is 11.2. The van der Waals surface area contributed by atoms with Gasteiger partial charge >= 0.3 is 6.18 Å². The lowest BCUT2D eigenvalue weighted by molar-refractivity contribution is -0.137. The topological polar surface area (TPSA) is 55.1 Å². The number of benzene rings is 1. The van der Waals surface area contributed by atoms with Gasteiger partial charge in [0.1, 0.15) is 0 Å². The number of nitrogens with one attached hydrogen (secondary N) is 1. The van der Waals surface area contributed by atoms with Gasteiger partial charge in [-0.15, -0.1) is 0 Å². The maximum Gasteiger partial charge on any atom is 0.416 e. The molecule has 0 saturated carbocycles. The Morgan fingerprint density at radius 2 is 2.00 bits per heavy atom. The summed E-state index contributed by atoms with van der Waals surface area (Å²) in [6.07, 6.45) is -4.46. The lowest BCUT2D eigenvalue weighted by Crippen LogP contribution is -2.14. The van der Waals surface area contributed by atoms with Crippen LogP contribution in [0.15, 0.2) is 29.0 Å². The van der Waals surface area contributed by atoms with Crippen LogP contribution in [0, 0.1) is 6.92 Å². The third-order valence-corrected chi connectivity index (χ3v) is 3.59. The highest BCUT2D eigenvalue weighted by atomic mass is 32.1. The summed E-state index contributed by atoms with van der Waals surface area (Å²) in [5, 5.41) is 5.99. The molecule has 7 heteroatoms. The first-order valence-electron chi connectivity index (χ1n) is 5.60. The number of hydrogen-bond acceptors (Lipinski definition) is 3. The van der Waals surface area contributed by atoms with Crippen molar-refractivity contribution in [1.29, 1.82) is 0 Å². The molecular formula is C13H11F3N2OS. The Labute approximate surface area is 117 Å². The Morgan fingerprint density at radius 1 is 1.30 bits per heavy atom. The van der Waals surface area contributed by atoms with E-state index in [1.165, 1.54) is 11.3 Å². The van der Waals surface area contributed by atoms with Crippen molar-refractivity contribution in [2.45, 2.75) is 13.1 Å². The van der Waals surface area contributed by atoms with Crippen molar-refractivity contribution in [3.05, 3.63) is 45.6 Å². The van der Waals surface area contributed by atoms with E-state index in [1.807, 2.05) is 5.38 Å². The van der Waals surface area contributed by atoms with E-state index in [0.29, 0.717) is 5.56 Å². The summed E-state index contributed by atoms with van der Waals surface area (Å²) in [6, 6.07) is 2.83. The number of aryl methyl sites for hydroxylation is 1. The zero-order valence-electron chi connectivity index (χ0n) is 10.4. The van der Waals surface area contributed by atoms with Gasteiger partial charge in [0, 0.05) is 5.38 Å². The largest absolute Gasteiger partial charge is 0.416 e. The van der Waals surface area contributed by atoms with E-state index < -0.39 is 17.6 Å². The molecule has 0 fully saturated rings. The number of thiophene rings is 1. The number of halogens is 3. The van der Waals surface area contributed by atoms with Crippen molar-refractivity contribution >= 4 is 28.6 Å². The van der Waals surface area contributed by atoms with Crippen molar-refractivity contribution < 1.29 is 18.0 Å². The van der Waals surface area contributed by atoms with Gasteiger partial charge in [0.2, 0.25) is 0 Å². The molecular weight excluding hydrogens is 289 g/mol. The van der Waals surface area contributed by atoms with Gasteiger partial charge in [0.25, 0.3) is 5.91 Å². The highest BCUT2D eigenvalue weighted by molar-refractivity contribution is 7.08. The van der Waals surface area contributed by atoms with Gasteiger partial charge in [-0.3, -0.25) is 4.79 Å². The zero-order chi connectivity index (χ0) is 14.9. The number of nitrogens with two attached hydrogens (primary N) is 1. The van der Waals surface area contributed by atoms with E-state index >= 15 is 0 Å². The van der Waals surface area contributed by atoms with Gasteiger partial charge < -0.3 is 11.1 Å². The van der Waals surface area contributed by atoms with Gasteiger partial charge in [-0.2, -0.15) is 24.5 Å². The normalized spacial score (nSPS) is 11.4. The number of nitrogen functional groups attached to an aromatic ring is 1. The Hall–Kier alpha value is -2.02. The average molecular weight is 300 g/mol. The summed E-state index contributed by atoms with van der Waals surface area (Å²) < 4.78 is 37.5. The van der Waals surface area contributed by atoms with Gasteiger partial charge in [0.15, 0.2) is 0 Å². The molecule has 0 spiro atoms. The van der Waals surface area contributed by atoms with Crippen LogP contribution < -0.4 is 11.1 Å². The molecule has 1 aromatic heterocycles. The van der Waals surface area contributed by atoms with E-state index in [4.69, 9.17) is 5.73 Å². The third-order valence-electron chi connectivity index (χ3n) is 2.73. The third kappa shape index (κ3) is 2.93. The first-order valence-corrected chi connectivity index (χ1v) is 6.54. The van der Waals surface area contributed by atoms with Gasteiger partial charge in [0.05, 0.1) is 22.5 Å². The monoisotopic (exact) mass is 300 g/mol. The molecule has 20 heavy (non-hydrogen) atoms. The first-order chi connectivity index (χ1) is 9.29. The van der Waals surface area contributed by atoms with Crippen LogP contribution in [0.5, 0.6) is 0 Å². The van der Waals surface area contributed by atoms with Crippen molar-refractivity contribution in [2.75, 3.05) is 11.1 Å². The van der Waals surface area contributed by atoms with Crippen LogP contribution in [0.25, 0.3) is 0 Å². The molecule has 1 amide bonds. The fourth-order valence-electron chi connectivity index (χ4n) is 1.64. The molecule has 3 N–H and O–H groups in total. The van der Waals surface area contributed by atoms with Crippen LogP contribution in [0.4, 0.5) is 24.5 Å². The number of hydrogen-bond donors (Lipinski definition) is 2. The average Bonchev–Trinajstić information content (AvgIpc) is 2.76. The van der Waals surface area contributed by atoms with Crippen molar-refractivity contribution in [3.63, 3.8) is 0 Å². The Balaban J connectivity index is 2.23. The molecule has 1 aromatic carbocycles. The first kappa shape index (κ1) is 14.4. The van der Waals surface area contributed by atoms with Crippen molar-refractivity contribution in [2.24, 2.45) is 0 Å². The molecule has 0 unspecified atom stereocenters. The van der Waals surface area contributed by atoms with E-state index in [1.54, 1.807) is 12.3 Å². The minimum Gasteiger partial charge on any atom is -0.397 e. The second-order valence-electron chi connectivity index (χ2n) is 4.22. The minimum atomic E-state index is -4.46. The van der Waals surface area contributed by atoms with Gasteiger partial charge in [-0.1, -0.05) is 0 Å². The Kier molecular flexibility index (Phi) is 3.71. The molecule has 3 nitrogen and oxygen atoms in total. The SMILES string of the molecule is Cc1cscc1C(=O)Nc1ccc(C(F)(F)F)cc1N. The molecule has 0 aliphatic carbocycles. The van der Waals surface area contributed by atoms with Crippen LogP contribution in [0.3, 0.4) is 0 Å². The van der Waals surface area contributed by atoms with Crippen molar-refractivity contribution in [1.82, 2.24) is 0 Å². The molecule has 0 atom stereocenters. The molecule has 1 heterocycles. The number of carbonyl (C=O) groups is 1. The highest BCUT2D eigenvalue weighted by Crippen LogP contribution is 2.33. The Morgan fingerprint density at radius 3 is 2.50 bits per heavy atom. The van der Waals surface area contributed by atoms with Gasteiger partial charge in [-0.25, -0.2) is 0 Å². The van der Waals surface area contributed by atoms with E-state index in [9.17, 15) is 18.0 Å². The fraction of sp³-hybridized carbons (Fsp3) is 0.154. The summed E-state index contributed by atoms with van der Waals surface area (Å²) in [5.41, 5.74) is 6.02. The predicted octanol–water partition coefficient (Wildman–Crippen LogP) is 3.91. The van der Waals surface area contributed by atoms with E-state index in [0.717, 1.165) is 23.8 Å². The molecule has 0 aliphatic heterocycles. The summed E-state index contributed by atoms with van der Waals surface area (Å²) >= 11 is 1.37. The molecule has 0 saturated heterocycles. The second kappa shape index (κ2) is 5.16. The maximum atomic E-state index is 12.5. The summed E-state index contributed by atoms with van der Waals surface area (Å²) in [4.78, 5) is 11.9. The number of carbonyl (C=O) groups excluding carboxylic acids is 1. The summed E-state index contributed by atoms with van der Waals surface area (Å²) in [6.45, 7) is 1.78. The maximum absolute atomic E-state index is 12.5. The molecule has 2 aromatic rings. The van der Waals surface area contributed by atoms with Crippen LogP contribution in [0.1, 0.15) is 21.5 Å². The number of anilines is 2. The quantitative estimate of drug-likeness (QED) is 0.826. The molecule has 0 aliphatic rings. The summed E-state index contributed by atoms with van der Waals surface area (Å²) in [5.74, 6) is -0.393. The van der Waals surface area contributed by atoms with Gasteiger partial charge in [-0.05, 0) is 36.1 Å². The van der Waals surface area contributed by atoms with Crippen LogP contribution >= 0.6 is 11.3 Å². The molecule has 0 bridgehead atoms. The second-order valence-corrected chi connectivity index (χ2v) is 4.97.